The van der Waals surface area contributed by atoms with E-state index in [0.29, 0.717) is 29.8 Å². The highest BCUT2D eigenvalue weighted by Crippen LogP contribution is 2.40. The lowest BCUT2D eigenvalue weighted by molar-refractivity contribution is -0.0255. The Labute approximate surface area is 193 Å². The van der Waals surface area contributed by atoms with E-state index in [1.165, 1.54) is 24.3 Å². The number of nitrogens with zero attached hydrogens (tertiary/aromatic N) is 1. The first kappa shape index (κ1) is 22.7. The fourth-order valence-corrected chi connectivity index (χ4v) is 4.70. The summed E-state index contributed by atoms with van der Waals surface area (Å²) in [6, 6.07) is 21.4. The number of likely N-dealkylation sites (tertiary alicyclic amines) is 1. The lowest BCUT2D eigenvalue weighted by atomic mass is 9.80. The summed E-state index contributed by atoms with van der Waals surface area (Å²) >= 11 is 6.44. The Balaban J connectivity index is 1.36. The molecule has 1 N–H and O–H groups in total. The van der Waals surface area contributed by atoms with Crippen LogP contribution in [0.1, 0.15) is 41.6 Å². The maximum Gasteiger partial charge on any atom is 0.162 e. The predicted molar refractivity (Wildman–Crippen MR) is 126 cm³/mol. The molecule has 0 amide bonds. The number of benzene rings is 3. The Morgan fingerprint density at radius 3 is 2.25 bits per heavy atom. The van der Waals surface area contributed by atoms with E-state index in [2.05, 4.69) is 4.90 Å². The Morgan fingerprint density at radius 1 is 0.938 bits per heavy atom. The van der Waals surface area contributed by atoms with Crippen molar-refractivity contribution in [2.75, 3.05) is 19.6 Å². The monoisotopic (exact) mass is 451 g/mol. The number of hydrogen-bond acceptors (Lipinski definition) is 3. The first-order valence-electron chi connectivity index (χ1n) is 11.0. The van der Waals surface area contributed by atoms with Crippen LogP contribution in [0.3, 0.4) is 0 Å². The normalized spacial score (nSPS) is 16.1. The predicted octanol–water partition coefficient (Wildman–Crippen LogP) is 6.09. The van der Waals surface area contributed by atoms with E-state index < -0.39 is 5.60 Å². The van der Waals surface area contributed by atoms with Crippen molar-refractivity contribution >= 4 is 17.4 Å². The molecule has 0 aromatic heterocycles. The number of rotatable bonds is 7. The molecule has 3 nitrogen and oxygen atoms in total. The summed E-state index contributed by atoms with van der Waals surface area (Å²) in [6.07, 6.45) is 2.42. The summed E-state index contributed by atoms with van der Waals surface area (Å²) in [5.41, 5.74) is 2.46. The number of carbonyl (C=O) groups excluding carboxylic acids is 1. The highest BCUT2D eigenvalue weighted by molar-refractivity contribution is 6.33. The van der Waals surface area contributed by atoms with E-state index in [1.54, 1.807) is 0 Å². The molecule has 32 heavy (non-hydrogen) atoms. The highest BCUT2D eigenvalue weighted by Gasteiger charge is 2.35. The van der Waals surface area contributed by atoms with Crippen LogP contribution in [0.2, 0.25) is 5.02 Å². The van der Waals surface area contributed by atoms with E-state index in [4.69, 9.17) is 11.6 Å². The average Bonchev–Trinajstić information content (AvgIpc) is 2.81. The van der Waals surface area contributed by atoms with E-state index in [1.807, 2.05) is 48.5 Å². The molecule has 0 aliphatic carbocycles. The molecule has 3 aromatic rings. The second-order valence-electron chi connectivity index (χ2n) is 8.43. The van der Waals surface area contributed by atoms with E-state index in [0.717, 1.165) is 42.7 Å². The molecule has 1 saturated heterocycles. The molecule has 4 rings (SSSR count). The Hall–Kier alpha value is -2.53. The van der Waals surface area contributed by atoms with Crippen molar-refractivity contribution in [3.05, 3.63) is 94.8 Å². The van der Waals surface area contributed by atoms with Gasteiger partial charge in [0, 0.05) is 35.7 Å². The van der Waals surface area contributed by atoms with Gasteiger partial charge in [-0.05, 0) is 67.3 Å². The van der Waals surface area contributed by atoms with E-state index >= 15 is 0 Å². The van der Waals surface area contributed by atoms with Crippen LogP contribution in [0.4, 0.5) is 4.39 Å². The third-order valence-electron chi connectivity index (χ3n) is 6.32. The Morgan fingerprint density at radius 2 is 1.56 bits per heavy atom. The first-order chi connectivity index (χ1) is 15.5. The van der Waals surface area contributed by atoms with Gasteiger partial charge in [0.25, 0.3) is 0 Å². The quantitative estimate of drug-likeness (QED) is 0.442. The second-order valence-corrected chi connectivity index (χ2v) is 8.84. The lowest BCUT2D eigenvalue weighted by Gasteiger charge is -2.39. The van der Waals surface area contributed by atoms with Gasteiger partial charge in [0.05, 0.1) is 5.60 Å². The molecular formula is C27H27ClFNO2. The lowest BCUT2D eigenvalue weighted by Crippen LogP contribution is -2.43. The minimum atomic E-state index is -0.907. The standard InChI is InChI=1S/C27H27ClFNO2/c28-25-9-4-2-7-23(25)22-6-1-3-8-24(22)27(32)15-18-30(19-16-27)17-5-10-26(31)20-11-13-21(29)14-12-20/h1-4,6-9,11-14,32H,5,10,15-19H2. The van der Waals surface area contributed by atoms with Gasteiger partial charge in [-0.25, -0.2) is 4.39 Å². The Bertz CT molecular complexity index is 1080. The minimum absolute atomic E-state index is 0.0344. The Kier molecular flexibility index (Phi) is 7.04. The third kappa shape index (κ3) is 5.09. The number of halogens is 2. The van der Waals surface area contributed by atoms with Crippen LogP contribution >= 0.6 is 11.6 Å². The molecule has 0 saturated carbocycles. The van der Waals surface area contributed by atoms with Crippen molar-refractivity contribution in [3.63, 3.8) is 0 Å². The number of aliphatic hydroxyl groups is 1. The smallest absolute Gasteiger partial charge is 0.162 e. The molecule has 1 aliphatic rings. The molecular weight excluding hydrogens is 425 g/mol. The topological polar surface area (TPSA) is 40.5 Å². The van der Waals surface area contributed by atoms with Gasteiger partial charge in [0.1, 0.15) is 5.82 Å². The molecule has 0 spiro atoms. The van der Waals surface area contributed by atoms with Crippen LogP contribution in [0, 0.1) is 5.82 Å². The van der Waals surface area contributed by atoms with Crippen molar-refractivity contribution in [1.29, 1.82) is 0 Å². The minimum Gasteiger partial charge on any atom is -0.385 e. The van der Waals surface area contributed by atoms with Crippen LogP contribution in [0.15, 0.2) is 72.8 Å². The van der Waals surface area contributed by atoms with Crippen LogP contribution < -0.4 is 0 Å². The summed E-state index contributed by atoms with van der Waals surface area (Å²) in [7, 11) is 0. The van der Waals surface area contributed by atoms with Gasteiger partial charge >= 0.3 is 0 Å². The largest absolute Gasteiger partial charge is 0.385 e. The van der Waals surface area contributed by atoms with Crippen LogP contribution in [-0.4, -0.2) is 35.4 Å². The second kappa shape index (κ2) is 9.95. The van der Waals surface area contributed by atoms with Gasteiger partial charge in [-0.1, -0.05) is 54.1 Å². The maximum atomic E-state index is 13.0. The van der Waals surface area contributed by atoms with Crippen molar-refractivity contribution < 1.29 is 14.3 Å². The van der Waals surface area contributed by atoms with E-state index in [9.17, 15) is 14.3 Å². The van der Waals surface area contributed by atoms with Crippen molar-refractivity contribution in [1.82, 2.24) is 4.90 Å². The summed E-state index contributed by atoms with van der Waals surface area (Å²) in [4.78, 5) is 14.6. The molecule has 0 unspecified atom stereocenters. The molecule has 1 heterocycles. The number of Topliss-reactive ketones (excluding diaryl/α,β-unsaturated/α-hetero) is 1. The number of carbonyl (C=O) groups is 1. The van der Waals surface area contributed by atoms with E-state index in [-0.39, 0.29) is 11.6 Å². The molecule has 1 aliphatic heterocycles. The molecule has 166 valence electrons. The summed E-state index contributed by atoms with van der Waals surface area (Å²) < 4.78 is 13.0. The van der Waals surface area contributed by atoms with Crippen LogP contribution in [0.25, 0.3) is 11.1 Å². The summed E-state index contributed by atoms with van der Waals surface area (Å²) in [6.45, 7) is 2.32. The van der Waals surface area contributed by atoms with Gasteiger partial charge in [0.2, 0.25) is 0 Å². The number of hydrogen-bond donors (Lipinski definition) is 1. The van der Waals surface area contributed by atoms with Crippen molar-refractivity contribution in [2.45, 2.75) is 31.3 Å². The summed E-state index contributed by atoms with van der Waals surface area (Å²) in [5.74, 6) is -0.300. The zero-order valence-corrected chi connectivity index (χ0v) is 18.7. The SMILES string of the molecule is O=C(CCCN1CCC(O)(c2ccccc2-c2ccccc2Cl)CC1)c1ccc(F)cc1. The van der Waals surface area contributed by atoms with Gasteiger partial charge in [-0.15, -0.1) is 0 Å². The molecule has 0 radical (unpaired) electrons. The third-order valence-corrected chi connectivity index (χ3v) is 6.65. The van der Waals surface area contributed by atoms with Gasteiger partial charge in [0.15, 0.2) is 5.78 Å². The van der Waals surface area contributed by atoms with Gasteiger partial charge in [-0.3, -0.25) is 4.79 Å². The van der Waals surface area contributed by atoms with Crippen molar-refractivity contribution in [3.8, 4) is 11.1 Å². The first-order valence-corrected chi connectivity index (χ1v) is 11.4. The van der Waals surface area contributed by atoms with Crippen LogP contribution in [0.5, 0.6) is 0 Å². The zero-order valence-electron chi connectivity index (χ0n) is 17.9. The van der Waals surface area contributed by atoms with Gasteiger partial charge in [-0.2, -0.15) is 0 Å². The fourth-order valence-electron chi connectivity index (χ4n) is 4.46. The molecule has 1 fully saturated rings. The maximum absolute atomic E-state index is 13.0. The molecule has 0 bridgehead atoms. The number of ketones is 1. The average molecular weight is 452 g/mol. The molecule has 5 heteroatoms. The van der Waals surface area contributed by atoms with Gasteiger partial charge < -0.3 is 10.0 Å². The molecule has 3 aromatic carbocycles. The fraction of sp³-hybridized carbons (Fsp3) is 0.296. The highest BCUT2D eigenvalue weighted by atomic mass is 35.5. The number of piperidine rings is 1. The van der Waals surface area contributed by atoms with Crippen molar-refractivity contribution in [2.24, 2.45) is 0 Å². The molecule has 0 atom stereocenters. The van der Waals surface area contributed by atoms with Crippen LogP contribution in [-0.2, 0) is 5.60 Å². The summed E-state index contributed by atoms with van der Waals surface area (Å²) in [5, 5.41) is 12.2. The zero-order chi connectivity index (χ0) is 22.6.